The highest BCUT2D eigenvalue weighted by Crippen LogP contribution is 2.25. The largest absolute Gasteiger partial charge is 0.465 e. The molecule has 3 rings (SSSR count). The van der Waals surface area contributed by atoms with Crippen LogP contribution in [-0.2, 0) is 4.74 Å². The van der Waals surface area contributed by atoms with Crippen LogP contribution in [0.5, 0.6) is 0 Å². The van der Waals surface area contributed by atoms with Crippen LogP contribution >= 0.6 is 11.6 Å². The van der Waals surface area contributed by atoms with Gasteiger partial charge in [-0.05, 0) is 31.0 Å². The van der Waals surface area contributed by atoms with Gasteiger partial charge in [0.25, 0.3) is 5.91 Å². The van der Waals surface area contributed by atoms with Crippen LogP contribution in [-0.4, -0.2) is 35.0 Å². The molecule has 0 radical (unpaired) electrons. The molecular formula is C19H21ClN4O3. The van der Waals surface area contributed by atoms with Gasteiger partial charge in [0.1, 0.15) is 0 Å². The van der Waals surface area contributed by atoms with E-state index < -0.39 is 5.97 Å². The minimum atomic E-state index is -0.467. The number of halogens is 1. The summed E-state index contributed by atoms with van der Waals surface area (Å²) in [5, 5.41) is 6.38. The zero-order chi connectivity index (χ0) is 19.2. The lowest BCUT2D eigenvalue weighted by Crippen LogP contribution is -2.36. The second-order valence-corrected chi connectivity index (χ2v) is 6.82. The van der Waals surface area contributed by atoms with Gasteiger partial charge in [-0.3, -0.25) is 4.79 Å². The second kappa shape index (κ2) is 8.81. The molecule has 0 bridgehead atoms. The van der Waals surface area contributed by atoms with Crippen molar-refractivity contribution < 1.29 is 14.3 Å². The molecule has 1 aromatic carbocycles. The van der Waals surface area contributed by atoms with E-state index in [9.17, 15) is 9.59 Å². The number of rotatable bonds is 5. The monoisotopic (exact) mass is 388 g/mol. The Hall–Kier alpha value is -2.67. The predicted molar refractivity (Wildman–Crippen MR) is 102 cm³/mol. The summed E-state index contributed by atoms with van der Waals surface area (Å²) in [4.78, 5) is 32.3. The van der Waals surface area contributed by atoms with Crippen LogP contribution in [0.25, 0.3) is 0 Å². The van der Waals surface area contributed by atoms with Gasteiger partial charge in [0.2, 0.25) is 5.95 Å². The molecule has 142 valence electrons. The molecule has 2 aromatic rings. The van der Waals surface area contributed by atoms with Gasteiger partial charge in [-0.25, -0.2) is 14.8 Å². The molecule has 27 heavy (non-hydrogen) atoms. The zero-order valence-electron chi connectivity index (χ0n) is 15.0. The molecule has 1 aromatic heterocycles. The Labute approximate surface area is 162 Å². The Morgan fingerprint density at radius 3 is 2.48 bits per heavy atom. The summed E-state index contributed by atoms with van der Waals surface area (Å²) < 4.78 is 4.70. The summed E-state index contributed by atoms with van der Waals surface area (Å²) in [5.74, 6) is -0.363. The van der Waals surface area contributed by atoms with Crippen molar-refractivity contribution >= 4 is 35.1 Å². The van der Waals surface area contributed by atoms with Crippen molar-refractivity contribution in [1.29, 1.82) is 0 Å². The van der Waals surface area contributed by atoms with E-state index >= 15 is 0 Å². The van der Waals surface area contributed by atoms with Gasteiger partial charge >= 0.3 is 5.97 Å². The van der Waals surface area contributed by atoms with Gasteiger partial charge in [0, 0.05) is 18.4 Å². The van der Waals surface area contributed by atoms with Gasteiger partial charge in [0.15, 0.2) is 0 Å². The lowest BCUT2D eigenvalue weighted by atomic mass is 9.95. The third-order valence-corrected chi connectivity index (χ3v) is 4.82. The SMILES string of the molecule is COC(=O)c1ccc(Cl)c(Nc2ncc(C(=O)NC3CCCCC3)cn2)c1. The van der Waals surface area contributed by atoms with Crippen LogP contribution in [0.3, 0.4) is 0 Å². The van der Waals surface area contributed by atoms with E-state index in [4.69, 9.17) is 16.3 Å². The Kier molecular flexibility index (Phi) is 6.24. The van der Waals surface area contributed by atoms with Crippen LogP contribution in [0.4, 0.5) is 11.6 Å². The molecule has 8 heteroatoms. The van der Waals surface area contributed by atoms with E-state index in [2.05, 4.69) is 20.6 Å². The minimum Gasteiger partial charge on any atom is -0.465 e. The maximum absolute atomic E-state index is 12.3. The smallest absolute Gasteiger partial charge is 0.337 e. The first-order chi connectivity index (χ1) is 13.1. The fourth-order valence-electron chi connectivity index (χ4n) is 3.01. The normalized spacial score (nSPS) is 14.4. The Balaban J connectivity index is 1.67. The maximum Gasteiger partial charge on any atom is 0.337 e. The van der Waals surface area contributed by atoms with E-state index in [0.29, 0.717) is 21.8 Å². The number of aromatic nitrogens is 2. The van der Waals surface area contributed by atoms with Crippen molar-refractivity contribution in [2.24, 2.45) is 0 Å². The number of methoxy groups -OCH3 is 1. The number of benzene rings is 1. The van der Waals surface area contributed by atoms with Crippen molar-refractivity contribution in [1.82, 2.24) is 15.3 Å². The molecule has 1 fully saturated rings. The topological polar surface area (TPSA) is 93.2 Å². The number of anilines is 2. The maximum atomic E-state index is 12.3. The van der Waals surface area contributed by atoms with Gasteiger partial charge < -0.3 is 15.4 Å². The highest BCUT2D eigenvalue weighted by molar-refractivity contribution is 6.33. The molecule has 7 nitrogen and oxygen atoms in total. The minimum absolute atomic E-state index is 0.167. The molecule has 0 saturated heterocycles. The molecule has 2 N–H and O–H groups in total. The average molecular weight is 389 g/mol. The molecule has 0 aliphatic heterocycles. The Morgan fingerprint density at radius 2 is 1.81 bits per heavy atom. The Bertz CT molecular complexity index is 820. The summed E-state index contributed by atoms with van der Waals surface area (Å²) in [7, 11) is 1.31. The fraction of sp³-hybridized carbons (Fsp3) is 0.368. The molecule has 0 atom stereocenters. The Morgan fingerprint density at radius 1 is 1.11 bits per heavy atom. The lowest BCUT2D eigenvalue weighted by Gasteiger charge is -2.22. The number of nitrogens with zero attached hydrogens (tertiary/aromatic N) is 2. The van der Waals surface area contributed by atoms with Crippen molar-refractivity contribution in [2.45, 2.75) is 38.1 Å². The quantitative estimate of drug-likeness (QED) is 0.758. The molecule has 0 spiro atoms. The number of amides is 1. The number of esters is 1. The number of carbonyl (C=O) groups excluding carboxylic acids is 2. The van der Waals surface area contributed by atoms with E-state index in [-0.39, 0.29) is 17.9 Å². The standard InChI is InChI=1S/C19H21ClN4O3/c1-27-18(26)12-7-8-15(20)16(9-12)24-19-21-10-13(11-22-19)17(25)23-14-5-3-2-4-6-14/h7-11,14H,2-6H2,1H3,(H,23,25)(H,21,22,24). The average Bonchev–Trinajstić information content (AvgIpc) is 2.70. The number of hydrogen-bond acceptors (Lipinski definition) is 6. The molecular weight excluding hydrogens is 368 g/mol. The van der Waals surface area contributed by atoms with Crippen LogP contribution in [0.2, 0.25) is 5.02 Å². The van der Waals surface area contributed by atoms with Crippen LogP contribution in [0.15, 0.2) is 30.6 Å². The van der Waals surface area contributed by atoms with Gasteiger partial charge in [-0.2, -0.15) is 0 Å². The van der Waals surface area contributed by atoms with Crippen LogP contribution in [0, 0.1) is 0 Å². The first-order valence-electron chi connectivity index (χ1n) is 8.84. The molecule has 1 aliphatic rings. The van der Waals surface area contributed by atoms with Crippen LogP contribution < -0.4 is 10.6 Å². The molecule has 0 unspecified atom stereocenters. The fourth-order valence-corrected chi connectivity index (χ4v) is 3.18. The number of hydrogen-bond donors (Lipinski definition) is 2. The number of carbonyl (C=O) groups is 2. The van der Waals surface area contributed by atoms with Gasteiger partial charge in [-0.1, -0.05) is 30.9 Å². The van der Waals surface area contributed by atoms with Crippen molar-refractivity contribution in [3.8, 4) is 0 Å². The van der Waals surface area contributed by atoms with E-state index in [0.717, 1.165) is 25.7 Å². The van der Waals surface area contributed by atoms with E-state index in [1.807, 2.05) is 0 Å². The first kappa shape index (κ1) is 19.1. The highest BCUT2D eigenvalue weighted by Gasteiger charge is 2.17. The summed E-state index contributed by atoms with van der Waals surface area (Å²) >= 11 is 6.15. The molecule has 1 amide bonds. The summed E-state index contributed by atoms with van der Waals surface area (Å²) in [6.07, 6.45) is 8.49. The zero-order valence-corrected chi connectivity index (χ0v) is 15.8. The molecule has 1 heterocycles. The van der Waals surface area contributed by atoms with Crippen LogP contribution in [0.1, 0.15) is 52.8 Å². The van der Waals surface area contributed by atoms with E-state index in [1.165, 1.54) is 25.9 Å². The first-order valence-corrected chi connectivity index (χ1v) is 9.22. The highest BCUT2D eigenvalue weighted by atomic mass is 35.5. The molecule has 1 aliphatic carbocycles. The summed E-state index contributed by atoms with van der Waals surface area (Å²) in [5.41, 5.74) is 1.23. The third kappa shape index (κ3) is 4.95. The molecule has 1 saturated carbocycles. The number of nitrogens with one attached hydrogen (secondary N) is 2. The summed E-state index contributed by atoms with van der Waals surface area (Å²) in [6, 6.07) is 4.94. The van der Waals surface area contributed by atoms with Crippen molar-refractivity contribution in [2.75, 3.05) is 12.4 Å². The van der Waals surface area contributed by atoms with Crippen molar-refractivity contribution in [3.05, 3.63) is 46.7 Å². The second-order valence-electron chi connectivity index (χ2n) is 6.41. The third-order valence-electron chi connectivity index (χ3n) is 4.49. The predicted octanol–water partition coefficient (Wildman–Crippen LogP) is 3.72. The van der Waals surface area contributed by atoms with Gasteiger partial charge in [0.05, 0.1) is 28.9 Å². The number of ether oxygens (including phenoxy) is 1. The van der Waals surface area contributed by atoms with Gasteiger partial charge in [-0.15, -0.1) is 0 Å². The van der Waals surface area contributed by atoms with Crippen molar-refractivity contribution in [3.63, 3.8) is 0 Å². The summed E-state index contributed by atoms with van der Waals surface area (Å²) in [6.45, 7) is 0. The van der Waals surface area contributed by atoms with E-state index in [1.54, 1.807) is 18.2 Å². The lowest BCUT2D eigenvalue weighted by molar-refractivity contribution is 0.0600.